The fraction of sp³-hybridized carbons (Fsp3) is 0.632. The van der Waals surface area contributed by atoms with E-state index >= 15 is 0 Å². The molecule has 0 aliphatic carbocycles. The van der Waals surface area contributed by atoms with Crippen LogP contribution < -0.4 is 15.8 Å². The fourth-order valence-electron chi connectivity index (χ4n) is 2.34. The molecule has 0 atom stereocenters. The molecule has 1 amide bonds. The van der Waals surface area contributed by atoms with Crippen molar-refractivity contribution in [1.82, 2.24) is 5.32 Å². The Kier molecular flexibility index (Phi) is 9.92. The summed E-state index contributed by atoms with van der Waals surface area (Å²) in [4.78, 5) is 11.8. The van der Waals surface area contributed by atoms with E-state index in [1.165, 1.54) is 19.3 Å². The predicted octanol–water partition coefficient (Wildman–Crippen LogP) is 4.08. The fourth-order valence-corrected chi connectivity index (χ4v) is 2.34. The monoisotopic (exact) mass is 320 g/mol. The van der Waals surface area contributed by atoms with E-state index in [1.807, 2.05) is 18.2 Å². The number of nitrogens with one attached hydrogen (secondary N) is 1. The van der Waals surface area contributed by atoms with Crippen LogP contribution in [0.25, 0.3) is 0 Å². The number of rotatable bonds is 12. The number of ether oxygens (including phenoxy) is 1. The molecule has 4 nitrogen and oxygen atoms in total. The Hall–Kier alpha value is -1.71. The SMILES string of the molecule is CCCCCCNC(=O)CCc1ccc(OCCCC)c(N)c1. The van der Waals surface area contributed by atoms with Gasteiger partial charge < -0.3 is 15.8 Å². The van der Waals surface area contributed by atoms with E-state index in [1.54, 1.807) is 0 Å². The van der Waals surface area contributed by atoms with Crippen LogP contribution in [0.2, 0.25) is 0 Å². The van der Waals surface area contributed by atoms with Gasteiger partial charge in [0, 0.05) is 13.0 Å². The second-order valence-electron chi connectivity index (χ2n) is 5.98. The molecule has 0 saturated carbocycles. The summed E-state index contributed by atoms with van der Waals surface area (Å²) >= 11 is 0. The summed E-state index contributed by atoms with van der Waals surface area (Å²) in [5.74, 6) is 0.853. The number of hydrogen-bond donors (Lipinski definition) is 2. The molecule has 0 aliphatic rings. The van der Waals surface area contributed by atoms with Crippen molar-refractivity contribution in [1.29, 1.82) is 0 Å². The molecular formula is C19H32N2O2. The topological polar surface area (TPSA) is 64.3 Å². The number of hydrogen-bond acceptors (Lipinski definition) is 3. The highest BCUT2D eigenvalue weighted by atomic mass is 16.5. The van der Waals surface area contributed by atoms with Gasteiger partial charge in [-0.25, -0.2) is 0 Å². The first-order valence-corrected chi connectivity index (χ1v) is 8.95. The van der Waals surface area contributed by atoms with Crippen molar-refractivity contribution >= 4 is 11.6 Å². The molecule has 0 spiro atoms. The summed E-state index contributed by atoms with van der Waals surface area (Å²) in [6.07, 6.45) is 8.05. The van der Waals surface area contributed by atoms with E-state index in [4.69, 9.17) is 10.5 Å². The minimum atomic E-state index is 0.114. The quantitative estimate of drug-likeness (QED) is 0.450. The molecule has 0 radical (unpaired) electrons. The average Bonchev–Trinajstić information content (AvgIpc) is 2.54. The molecule has 0 saturated heterocycles. The Morgan fingerprint density at radius 3 is 2.61 bits per heavy atom. The lowest BCUT2D eigenvalue weighted by molar-refractivity contribution is -0.121. The van der Waals surface area contributed by atoms with Crippen molar-refractivity contribution in [2.24, 2.45) is 0 Å². The van der Waals surface area contributed by atoms with Crippen LogP contribution in [0.4, 0.5) is 5.69 Å². The van der Waals surface area contributed by atoms with Gasteiger partial charge >= 0.3 is 0 Å². The number of amides is 1. The van der Waals surface area contributed by atoms with E-state index in [0.717, 1.165) is 37.1 Å². The molecule has 0 aromatic heterocycles. The second-order valence-corrected chi connectivity index (χ2v) is 5.98. The summed E-state index contributed by atoms with van der Waals surface area (Å²) in [6, 6.07) is 5.81. The van der Waals surface area contributed by atoms with Crippen molar-refractivity contribution in [3.05, 3.63) is 23.8 Å². The third-order valence-electron chi connectivity index (χ3n) is 3.82. The van der Waals surface area contributed by atoms with Gasteiger partial charge in [-0.3, -0.25) is 4.79 Å². The number of benzene rings is 1. The number of nitrogens with two attached hydrogens (primary N) is 1. The first-order chi connectivity index (χ1) is 11.2. The zero-order chi connectivity index (χ0) is 16.9. The predicted molar refractivity (Wildman–Crippen MR) is 96.7 cm³/mol. The summed E-state index contributed by atoms with van der Waals surface area (Å²) in [5.41, 5.74) is 7.74. The molecule has 0 heterocycles. The Morgan fingerprint density at radius 1 is 1.13 bits per heavy atom. The Bertz CT molecular complexity index is 461. The molecule has 0 fully saturated rings. The highest BCUT2D eigenvalue weighted by molar-refractivity contribution is 5.76. The van der Waals surface area contributed by atoms with Crippen molar-refractivity contribution in [2.45, 2.75) is 65.2 Å². The minimum absolute atomic E-state index is 0.114. The molecule has 23 heavy (non-hydrogen) atoms. The van der Waals surface area contributed by atoms with Crippen molar-refractivity contribution in [2.75, 3.05) is 18.9 Å². The van der Waals surface area contributed by atoms with Gasteiger partial charge in [0.2, 0.25) is 5.91 Å². The zero-order valence-electron chi connectivity index (χ0n) is 14.7. The van der Waals surface area contributed by atoms with Crippen LogP contribution in [0.1, 0.15) is 64.4 Å². The maximum absolute atomic E-state index is 11.8. The largest absolute Gasteiger partial charge is 0.491 e. The van der Waals surface area contributed by atoms with Crippen LogP contribution in [0.15, 0.2) is 18.2 Å². The van der Waals surface area contributed by atoms with Crippen LogP contribution in [0, 0.1) is 0 Å². The molecule has 4 heteroatoms. The maximum atomic E-state index is 11.8. The van der Waals surface area contributed by atoms with Gasteiger partial charge in [-0.15, -0.1) is 0 Å². The van der Waals surface area contributed by atoms with Gasteiger partial charge in [0.05, 0.1) is 12.3 Å². The summed E-state index contributed by atoms with van der Waals surface area (Å²) in [6.45, 7) is 5.79. The average molecular weight is 320 g/mol. The zero-order valence-corrected chi connectivity index (χ0v) is 14.7. The Balaban J connectivity index is 2.28. The number of anilines is 1. The lowest BCUT2D eigenvalue weighted by Crippen LogP contribution is -2.24. The van der Waals surface area contributed by atoms with Crippen molar-refractivity contribution in [3.8, 4) is 5.75 Å². The molecule has 0 unspecified atom stereocenters. The number of unbranched alkanes of at least 4 members (excludes halogenated alkanes) is 4. The van der Waals surface area contributed by atoms with Crippen molar-refractivity contribution in [3.63, 3.8) is 0 Å². The highest BCUT2D eigenvalue weighted by Crippen LogP contribution is 2.23. The first-order valence-electron chi connectivity index (χ1n) is 8.95. The van der Waals surface area contributed by atoms with Crippen LogP contribution in [0.3, 0.4) is 0 Å². The highest BCUT2D eigenvalue weighted by Gasteiger charge is 2.05. The normalized spacial score (nSPS) is 10.5. The maximum Gasteiger partial charge on any atom is 0.220 e. The molecule has 130 valence electrons. The van der Waals surface area contributed by atoms with Gasteiger partial charge in [-0.05, 0) is 37.0 Å². The molecule has 1 aromatic rings. The lowest BCUT2D eigenvalue weighted by Gasteiger charge is -2.10. The second kappa shape index (κ2) is 11.8. The summed E-state index contributed by atoms with van der Waals surface area (Å²) in [7, 11) is 0. The molecule has 1 aromatic carbocycles. The van der Waals surface area contributed by atoms with E-state index in [2.05, 4.69) is 19.2 Å². The Morgan fingerprint density at radius 2 is 1.91 bits per heavy atom. The minimum Gasteiger partial charge on any atom is -0.491 e. The molecule has 0 aliphatic heterocycles. The first kappa shape index (κ1) is 19.3. The smallest absolute Gasteiger partial charge is 0.220 e. The number of nitrogen functional groups attached to an aromatic ring is 1. The summed E-state index contributed by atoms with van der Waals surface area (Å²) < 4.78 is 5.64. The van der Waals surface area contributed by atoms with Gasteiger partial charge in [0.1, 0.15) is 5.75 Å². The van der Waals surface area contributed by atoms with E-state index in [9.17, 15) is 4.79 Å². The van der Waals surface area contributed by atoms with Crippen LogP contribution in [-0.4, -0.2) is 19.1 Å². The Labute approximate surface area is 140 Å². The molecule has 0 bridgehead atoms. The van der Waals surface area contributed by atoms with Crippen LogP contribution in [0.5, 0.6) is 5.75 Å². The van der Waals surface area contributed by atoms with E-state index in [0.29, 0.717) is 25.1 Å². The van der Waals surface area contributed by atoms with Gasteiger partial charge in [-0.2, -0.15) is 0 Å². The van der Waals surface area contributed by atoms with Crippen LogP contribution >= 0.6 is 0 Å². The molecule has 1 rings (SSSR count). The van der Waals surface area contributed by atoms with Crippen LogP contribution in [-0.2, 0) is 11.2 Å². The number of carbonyl (C=O) groups excluding carboxylic acids is 1. The van der Waals surface area contributed by atoms with Gasteiger partial charge in [-0.1, -0.05) is 45.6 Å². The van der Waals surface area contributed by atoms with Gasteiger partial charge in [0.15, 0.2) is 0 Å². The lowest BCUT2D eigenvalue weighted by atomic mass is 10.1. The van der Waals surface area contributed by atoms with Crippen molar-refractivity contribution < 1.29 is 9.53 Å². The number of carbonyl (C=O) groups is 1. The van der Waals surface area contributed by atoms with Gasteiger partial charge in [0.25, 0.3) is 0 Å². The standard InChI is InChI=1S/C19H32N2O2/c1-3-5-7-8-13-21-19(22)12-10-16-9-11-18(17(20)15-16)23-14-6-4-2/h9,11,15H,3-8,10,12-14,20H2,1-2H3,(H,21,22). The molecular weight excluding hydrogens is 288 g/mol. The van der Waals surface area contributed by atoms with E-state index < -0.39 is 0 Å². The third-order valence-corrected chi connectivity index (χ3v) is 3.82. The summed E-state index contributed by atoms with van der Waals surface area (Å²) in [5, 5.41) is 2.98. The van der Waals surface area contributed by atoms with E-state index in [-0.39, 0.29) is 5.91 Å². The third kappa shape index (κ3) is 8.48. The number of aryl methyl sites for hydroxylation is 1. The molecule has 3 N–H and O–H groups in total.